The molecule has 0 fully saturated rings. The molecule has 0 saturated heterocycles. The van der Waals surface area contributed by atoms with Gasteiger partial charge in [-0.05, 0) is 44.2 Å². The summed E-state index contributed by atoms with van der Waals surface area (Å²) in [5.41, 5.74) is 0. The van der Waals surface area contributed by atoms with Crippen LogP contribution in [0.1, 0.15) is 44.0 Å². The first-order chi connectivity index (χ1) is 7.77. The van der Waals surface area contributed by atoms with E-state index >= 15 is 0 Å². The topological polar surface area (TPSA) is 21.3 Å². The molecule has 2 atom stereocenters. The minimum Gasteiger partial charge on any atom is -0.382 e. The lowest BCUT2D eigenvalue weighted by Gasteiger charge is -2.19. The Morgan fingerprint density at radius 1 is 1.44 bits per heavy atom. The second-order valence-corrected chi connectivity index (χ2v) is 5.13. The smallest absolute Gasteiger partial charge is 0.0543 e. The molecule has 3 heteroatoms. The van der Waals surface area contributed by atoms with E-state index in [9.17, 15) is 0 Å². The summed E-state index contributed by atoms with van der Waals surface area (Å²) in [7, 11) is 1.78. The van der Waals surface area contributed by atoms with Crippen molar-refractivity contribution in [2.24, 2.45) is 0 Å². The molecule has 1 N–H and O–H groups in total. The molecule has 92 valence electrons. The summed E-state index contributed by atoms with van der Waals surface area (Å²) in [6.45, 7) is 5.42. The summed E-state index contributed by atoms with van der Waals surface area (Å²) in [4.78, 5) is 1.44. The van der Waals surface area contributed by atoms with E-state index in [1.165, 1.54) is 11.3 Å². The van der Waals surface area contributed by atoms with Crippen molar-refractivity contribution in [2.75, 3.05) is 13.7 Å². The van der Waals surface area contributed by atoms with Gasteiger partial charge < -0.3 is 10.1 Å². The van der Waals surface area contributed by atoms with E-state index in [2.05, 4.69) is 36.7 Å². The van der Waals surface area contributed by atoms with Gasteiger partial charge in [0.15, 0.2) is 0 Å². The molecule has 1 heterocycles. The molecule has 1 aromatic heterocycles. The van der Waals surface area contributed by atoms with Crippen LogP contribution in [0.3, 0.4) is 0 Å². The average molecular weight is 241 g/mol. The molecular formula is C13H23NOS. The van der Waals surface area contributed by atoms with Crippen LogP contribution in [-0.4, -0.2) is 19.8 Å². The van der Waals surface area contributed by atoms with Crippen LogP contribution in [0.2, 0.25) is 0 Å². The molecule has 0 spiro atoms. The van der Waals surface area contributed by atoms with Crippen LogP contribution >= 0.6 is 11.3 Å². The summed E-state index contributed by atoms with van der Waals surface area (Å²) in [6.07, 6.45) is 3.79. The fraction of sp³-hybridized carbons (Fsp3) is 0.692. The van der Waals surface area contributed by atoms with Crippen molar-refractivity contribution in [3.05, 3.63) is 22.4 Å². The molecule has 16 heavy (non-hydrogen) atoms. The van der Waals surface area contributed by atoms with Crippen molar-refractivity contribution in [1.82, 2.24) is 5.32 Å². The minimum absolute atomic E-state index is 0.353. The van der Waals surface area contributed by atoms with E-state index in [1.54, 1.807) is 7.11 Å². The van der Waals surface area contributed by atoms with E-state index in [-0.39, 0.29) is 0 Å². The zero-order valence-electron chi connectivity index (χ0n) is 10.5. The standard InChI is InChI=1S/C13H23NOS/c1-4-9-14-12(8-7-11(2)15-3)13-6-5-10-16-13/h5-6,10-12,14H,4,7-9H2,1-3H3. The number of hydrogen-bond acceptors (Lipinski definition) is 3. The van der Waals surface area contributed by atoms with Crippen molar-refractivity contribution in [1.29, 1.82) is 0 Å². The molecule has 1 rings (SSSR count). The van der Waals surface area contributed by atoms with Gasteiger partial charge in [-0.1, -0.05) is 13.0 Å². The van der Waals surface area contributed by atoms with Gasteiger partial charge >= 0.3 is 0 Å². The molecular weight excluding hydrogens is 218 g/mol. The zero-order chi connectivity index (χ0) is 11.8. The maximum atomic E-state index is 5.30. The fourth-order valence-corrected chi connectivity index (χ4v) is 2.51. The number of methoxy groups -OCH3 is 1. The zero-order valence-corrected chi connectivity index (χ0v) is 11.3. The first kappa shape index (κ1) is 13.7. The van der Waals surface area contributed by atoms with Gasteiger partial charge in [-0.15, -0.1) is 11.3 Å². The minimum atomic E-state index is 0.353. The first-order valence-corrected chi connectivity index (χ1v) is 6.95. The second-order valence-electron chi connectivity index (χ2n) is 4.15. The highest BCUT2D eigenvalue weighted by molar-refractivity contribution is 7.10. The van der Waals surface area contributed by atoms with Crippen molar-refractivity contribution in [3.8, 4) is 0 Å². The fourth-order valence-electron chi connectivity index (χ4n) is 1.67. The molecule has 0 bridgehead atoms. The molecule has 0 amide bonds. The Morgan fingerprint density at radius 3 is 2.81 bits per heavy atom. The van der Waals surface area contributed by atoms with Crippen LogP contribution in [0, 0.1) is 0 Å². The summed E-state index contributed by atoms with van der Waals surface area (Å²) in [5.74, 6) is 0. The highest BCUT2D eigenvalue weighted by Crippen LogP contribution is 2.24. The van der Waals surface area contributed by atoms with Crippen LogP contribution in [0.4, 0.5) is 0 Å². The van der Waals surface area contributed by atoms with E-state index in [4.69, 9.17) is 4.74 Å². The number of thiophene rings is 1. The Labute approximate surface area is 103 Å². The molecule has 0 aliphatic heterocycles. The van der Waals surface area contributed by atoms with Gasteiger partial charge in [-0.2, -0.15) is 0 Å². The largest absolute Gasteiger partial charge is 0.382 e. The predicted octanol–water partition coefficient (Wildman–Crippen LogP) is 3.60. The van der Waals surface area contributed by atoms with Crippen molar-refractivity contribution >= 4 is 11.3 Å². The van der Waals surface area contributed by atoms with Crippen LogP contribution in [0.5, 0.6) is 0 Å². The lowest BCUT2D eigenvalue weighted by molar-refractivity contribution is 0.106. The van der Waals surface area contributed by atoms with E-state index in [0.29, 0.717) is 12.1 Å². The molecule has 1 aromatic rings. The summed E-state index contributed by atoms with van der Waals surface area (Å²) in [6, 6.07) is 4.84. The maximum Gasteiger partial charge on any atom is 0.0543 e. The normalized spacial score (nSPS) is 14.9. The molecule has 2 unspecified atom stereocenters. The van der Waals surface area contributed by atoms with E-state index in [0.717, 1.165) is 19.4 Å². The second kappa shape index (κ2) is 7.82. The SMILES string of the molecule is CCCNC(CCC(C)OC)c1cccs1. The molecule has 2 nitrogen and oxygen atoms in total. The quantitative estimate of drug-likeness (QED) is 0.751. The van der Waals surface area contributed by atoms with Gasteiger partial charge in [0.05, 0.1) is 6.10 Å². The van der Waals surface area contributed by atoms with Gasteiger partial charge in [0.25, 0.3) is 0 Å². The van der Waals surface area contributed by atoms with Gasteiger partial charge in [-0.3, -0.25) is 0 Å². The van der Waals surface area contributed by atoms with E-state index < -0.39 is 0 Å². The first-order valence-electron chi connectivity index (χ1n) is 6.07. The van der Waals surface area contributed by atoms with Crippen LogP contribution in [0.15, 0.2) is 17.5 Å². The van der Waals surface area contributed by atoms with Crippen LogP contribution < -0.4 is 5.32 Å². The van der Waals surface area contributed by atoms with E-state index in [1.807, 2.05) is 11.3 Å². The molecule has 0 saturated carbocycles. The predicted molar refractivity (Wildman–Crippen MR) is 71.1 cm³/mol. The number of ether oxygens (including phenoxy) is 1. The van der Waals surface area contributed by atoms with Gasteiger partial charge in [0, 0.05) is 18.0 Å². The molecule has 0 aliphatic rings. The Bertz CT molecular complexity index is 261. The number of nitrogens with one attached hydrogen (secondary N) is 1. The molecule has 0 radical (unpaired) electrons. The Morgan fingerprint density at radius 2 is 2.25 bits per heavy atom. The Kier molecular flexibility index (Phi) is 6.69. The van der Waals surface area contributed by atoms with Crippen LogP contribution in [-0.2, 0) is 4.74 Å². The lowest BCUT2D eigenvalue weighted by atomic mass is 10.1. The average Bonchev–Trinajstić information content (AvgIpc) is 2.82. The van der Waals surface area contributed by atoms with Gasteiger partial charge in [-0.25, -0.2) is 0 Å². The molecule has 0 aliphatic carbocycles. The van der Waals surface area contributed by atoms with Crippen molar-refractivity contribution in [2.45, 2.75) is 45.3 Å². The van der Waals surface area contributed by atoms with Gasteiger partial charge in [0.1, 0.15) is 0 Å². The van der Waals surface area contributed by atoms with Gasteiger partial charge in [0.2, 0.25) is 0 Å². The summed E-state index contributed by atoms with van der Waals surface area (Å²) in [5, 5.41) is 5.75. The third-order valence-corrected chi connectivity index (χ3v) is 3.78. The number of rotatable bonds is 8. The third kappa shape index (κ3) is 4.64. The lowest BCUT2D eigenvalue weighted by Crippen LogP contribution is -2.22. The molecule has 0 aromatic carbocycles. The Hall–Kier alpha value is -0.380. The van der Waals surface area contributed by atoms with Crippen molar-refractivity contribution in [3.63, 3.8) is 0 Å². The maximum absolute atomic E-state index is 5.30. The van der Waals surface area contributed by atoms with Crippen molar-refractivity contribution < 1.29 is 4.74 Å². The number of hydrogen-bond donors (Lipinski definition) is 1. The summed E-state index contributed by atoms with van der Waals surface area (Å²) < 4.78 is 5.30. The Balaban J connectivity index is 2.44. The summed E-state index contributed by atoms with van der Waals surface area (Å²) >= 11 is 1.84. The monoisotopic (exact) mass is 241 g/mol. The third-order valence-electron chi connectivity index (χ3n) is 2.79. The van der Waals surface area contributed by atoms with Crippen LogP contribution in [0.25, 0.3) is 0 Å². The highest BCUT2D eigenvalue weighted by Gasteiger charge is 2.12. The highest BCUT2D eigenvalue weighted by atomic mass is 32.1.